The Morgan fingerprint density at radius 3 is 2.32 bits per heavy atom. The molecule has 244 valence electrons. The molecule has 0 bridgehead atoms. The number of β-lactam (4-membered cyclic amide) rings is 1. The second-order valence-corrected chi connectivity index (χ2v) is 14.7. The van der Waals surface area contributed by atoms with Crippen molar-refractivity contribution < 1.29 is 37.1 Å². The second-order valence-electron chi connectivity index (χ2n) is 11.0. The monoisotopic (exact) mass is 674 g/mol. The van der Waals surface area contributed by atoms with Crippen molar-refractivity contribution in [3.05, 3.63) is 35.9 Å². The third-order valence-corrected chi connectivity index (χ3v) is 10.5. The molecule has 1 aromatic rings. The first-order valence-corrected chi connectivity index (χ1v) is 16.8. The maximum atomic E-state index is 13.6. The van der Waals surface area contributed by atoms with Gasteiger partial charge in [-0.05, 0) is 32.5 Å². The van der Waals surface area contributed by atoms with Gasteiger partial charge in [-0.15, -0.1) is 24.2 Å². The number of imide groups is 1. The van der Waals surface area contributed by atoms with Crippen LogP contribution in [0.15, 0.2) is 30.3 Å². The van der Waals surface area contributed by atoms with E-state index in [0.717, 1.165) is 19.3 Å². The summed E-state index contributed by atoms with van der Waals surface area (Å²) in [6.45, 7) is 9.77. The minimum absolute atomic E-state index is 0. The Hall–Kier alpha value is -3.08. The van der Waals surface area contributed by atoms with Crippen LogP contribution in [0, 0.1) is 0 Å². The molecule has 3 saturated heterocycles. The highest BCUT2D eigenvalue weighted by molar-refractivity contribution is 8.01. The highest BCUT2D eigenvalue weighted by atomic mass is 35.5. The Balaban J connectivity index is 0.00000529. The first kappa shape index (κ1) is 35.4. The molecule has 14 nitrogen and oxygen atoms in total. The lowest BCUT2D eigenvalue weighted by Crippen LogP contribution is -2.71. The zero-order chi connectivity index (χ0) is 31.7. The van der Waals surface area contributed by atoms with Crippen molar-refractivity contribution in [3.8, 4) is 0 Å². The Labute approximate surface area is 267 Å². The fraction of sp³-hybridized carbons (Fsp3) is 0.593. The molecule has 3 heterocycles. The first-order valence-electron chi connectivity index (χ1n) is 14.0. The van der Waals surface area contributed by atoms with Gasteiger partial charge in [-0.25, -0.2) is 32.0 Å². The summed E-state index contributed by atoms with van der Waals surface area (Å²) in [6.07, 6.45) is 0.865. The Kier molecular flexibility index (Phi) is 11.2. The van der Waals surface area contributed by atoms with Gasteiger partial charge in [0.25, 0.3) is 0 Å². The van der Waals surface area contributed by atoms with Crippen LogP contribution >= 0.6 is 24.2 Å². The predicted molar refractivity (Wildman–Crippen MR) is 165 cm³/mol. The predicted octanol–water partition coefficient (Wildman–Crippen LogP) is 0.988. The summed E-state index contributed by atoms with van der Waals surface area (Å²) >= 11 is 1.38. The third kappa shape index (κ3) is 7.08. The van der Waals surface area contributed by atoms with Gasteiger partial charge < -0.3 is 25.2 Å². The number of esters is 1. The van der Waals surface area contributed by atoms with E-state index in [2.05, 4.69) is 15.5 Å². The SMILES string of the molecule is CCN(CC)CCOC(=O)[C@H]1N2C(=O)C(NC(=O)C(NC(=O)N3CCN(S(C)(=O)=O)C3=O)c3ccccc3)[C@H]2SC1(C)C.Cl. The van der Waals surface area contributed by atoms with E-state index in [4.69, 9.17) is 4.74 Å². The van der Waals surface area contributed by atoms with E-state index in [1.807, 2.05) is 27.7 Å². The Morgan fingerprint density at radius 1 is 1.11 bits per heavy atom. The van der Waals surface area contributed by atoms with Crippen LogP contribution < -0.4 is 10.6 Å². The average Bonchev–Trinajstić information content (AvgIpc) is 3.47. The number of fused-ring (bicyclic) bond motifs is 1. The van der Waals surface area contributed by atoms with E-state index in [1.54, 1.807) is 30.3 Å². The fourth-order valence-electron chi connectivity index (χ4n) is 5.42. The number of nitrogens with zero attached hydrogens (tertiary/aromatic N) is 4. The number of carbonyl (C=O) groups is 5. The zero-order valence-corrected chi connectivity index (χ0v) is 27.7. The van der Waals surface area contributed by atoms with Gasteiger partial charge in [0.2, 0.25) is 21.8 Å². The topological polar surface area (TPSA) is 166 Å². The summed E-state index contributed by atoms with van der Waals surface area (Å²) in [5.41, 5.74) is 0.387. The molecule has 17 heteroatoms. The van der Waals surface area contributed by atoms with Crippen LogP contribution in [-0.4, -0.2) is 125 Å². The number of rotatable bonds is 11. The van der Waals surface area contributed by atoms with E-state index < -0.39 is 68.1 Å². The molecule has 4 atom stereocenters. The van der Waals surface area contributed by atoms with E-state index in [9.17, 15) is 32.4 Å². The fourth-order valence-corrected chi connectivity index (χ4v) is 7.83. The van der Waals surface area contributed by atoms with E-state index in [-0.39, 0.29) is 32.1 Å². The number of ether oxygens (including phenoxy) is 1. The molecule has 3 aliphatic rings. The molecule has 44 heavy (non-hydrogen) atoms. The van der Waals surface area contributed by atoms with Crippen LogP contribution in [0.5, 0.6) is 0 Å². The molecular formula is C27H39ClN6O8S2. The number of halogens is 1. The molecule has 0 saturated carbocycles. The Morgan fingerprint density at radius 2 is 1.75 bits per heavy atom. The number of thioether (sulfide) groups is 1. The van der Waals surface area contributed by atoms with E-state index in [0.29, 0.717) is 21.3 Å². The summed E-state index contributed by atoms with van der Waals surface area (Å²) in [7, 11) is -3.87. The maximum Gasteiger partial charge on any atom is 0.341 e. The number of nitrogens with one attached hydrogen (secondary N) is 2. The lowest BCUT2D eigenvalue weighted by atomic mass is 9.95. The van der Waals surface area contributed by atoms with Crippen molar-refractivity contribution >= 4 is 64.0 Å². The van der Waals surface area contributed by atoms with Gasteiger partial charge in [0.15, 0.2) is 0 Å². The van der Waals surface area contributed by atoms with Crippen LogP contribution in [0.1, 0.15) is 39.3 Å². The van der Waals surface area contributed by atoms with Gasteiger partial charge in [-0.3, -0.25) is 9.59 Å². The highest BCUT2D eigenvalue weighted by Crippen LogP contribution is 2.51. The molecule has 0 aromatic heterocycles. The summed E-state index contributed by atoms with van der Waals surface area (Å²) in [5.74, 6) is -1.65. The Bertz CT molecular complexity index is 1380. The quantitative estimate of drug-likeness (QED) is 0.255. The van der Waals surface area contributed by atoms with Gasteiger partial charge >= 0.3 is 18.0 Å². The minimum Gasteiger partial charge on any atom is -0.463 e. The number of hydrogen-bond acceptors (Lipinski definition) is 10. The molecule has 3 aliphatic heterocycles. The molecule has 2 unspecified atom stereocenters. The average molecular weight is 675 g/mol. The molecule has 0 aliphatic carbocycles. The number of amides is 6. The molecule has 3 fully saturated rings. The number of benzene rings is 1. The zero-order valence-electron chi connectivity index (χ0n) is 25.2. The van der Waals surface area contributed by atoms with Gasteiger partial charge in [0.1, 0.15) is 30.1 Å². The van der Waals surface area contributed by atoms with Crippen LogP contribution in [0.2, 0.25) is 0 Å². The number of urea groups is 2. The first-order chi connectivity index (χ1) is 20.2. The van der Waals surface area contributed by atoms with Crippen LogP contribution in [0.25, 0.3) is 0 Å². The summed E-state index contributed by atoms with van der Waals surface area (Å²) < 4.78 is 29.2. The van der Waals surface area contributed by atoms with Crippen molar-refractivity contribution in [2.75, 3.05) is 45.6 Å². The number of sulfonamides is 1. The normalized spacial score (nSPS) is 23.0. The van der Waals surface area contributed by atoms with Crippen LogP contribution in [-0.2, 0) is 29.1 Å². The summed E-state index contributed by atoms with van der Waals surface area (Å²) in [5, 5.41) is 4.70. The van der Waals surface area contributed by atoms with Gasteiger partial charge in [0, 0.05) is 11.3 Å². The highest BCUT2D eigenvalue weighted by Gasteiger charge is 2.64. The van der Waals surface area contributed by atoms with Gasteiger partial charge in [-0.2, -0.15) is 0 Å². The number of likely N-dealkylation sites (N-methyl/N-ethyl adjacent to an activating group) is 1. The van der Waals surface area contributed by atoms with Crippen LogP contribution in [0.4, 0.5) is 9.59 Å². The van der Waals surface area contributed by atoms with Crippen molar-refractivity contribution in [1.82, 2.24) is 29.6 Å². The molecular weight excluding hydrogens is 636 g/mol. The summed E-state index contributed by atoms with van der Waals surface area (Å²) in [6, 6.07) is 3.20. The second kappa shape index (κ2) is 13.9. The van der Waals surface area contributed by atoms with Crippen molar-refractivity contribution in [2.24, 2.45) is 0 Å². The standard InChI is InChI=1S/C27H38N6O8S2.ClH/c1-6-30(7-2)15-16-41-24(36)20-27(3,4)42-23-19(22(35)33(20)23)28-21(34)18(17-11-9-8-10-12-17)29-25(37)31-13-14-32(26(31)38)43(5,39)40;/h8-12,18-20,23H,6-7,13-16H2,1-5H3,(H,28,34)(H,29,37);1H/t18?,19?,20-,23-;/m1./s1. The van der Waals surface area contributed by atoms with Crippen molar-refractivity contribution in [2.45, 2.75) is 55.9 Å². The van der Waals surface area contributed by atoms with Crippen molar-refractivity contribution in [1.29, 1.82) is 0 Å². The lowest BCUT2D eigenvalue weighted by molar-refractivity contribution is -0.164. The third-order valence-electron chi connectivity index (χ3n) is 7.79. The maximum absolute atomic E-state index is 13.6. The molecule has 4 rings (SSSR count). The number of carbonyl (C=O) groups excluding carboxylic acids is 5. The molecule has 6 amide bonds. The van der Waals surface area contributed by atoms with Gasteiger partial charge in [0.05, 0.1) is 19.3 Å². The summed E-state index contributed by atoms with van der Waals surface area (Å²) in [4.78, 5) is 69.9. The molecule has 0 radical (unpaired) electrons. The molecule has 2 N–H and O–H groups in total. The smallest absolute Gasteiger partial charge is 0.341 e. The minimum atomic E-state index is -3.87. The molecule has 1 aromatic carbocycles. The van der Waals surface area contributed by atoms with Crippen molar-refractivity contribution in [3.63, 3.8) is 0 Å². The van der Waals surface area contributed by atoms with Crippen LogP contribution in [0.3, 0.4) is 0 Å². The largest absolute Gasteiger partial charge is 0.463 e. The lowest BCUT2D eigenvalue weighted by Gasteiger charge is -2.44. The number of hydrogen-bond donors (Lipinski definition) is 2. The molecule has 0 spiro atoms. The van der Waals surface area contributed by atoms with Gasteiger partial charge in [-0.1, -0.05) is 44.2 Å². The van der Waals surface area contributed by atoms with E-state index in [1.165, 1.54) is 16.7 Å². The van der Waals surface area contributed by atoms with E-state index >= 15 is 0 Å².